The van der Waals surface area contributed by atoms with Gasteiger partial charge in [-0.15, -0.1) is 0 Å². The summed E-state index contributed by atoms with van der Waals surface area (Å²) in [6, 6.07) is 10.7. The average Bonchev–Trinajstić information content (AvgIpc) is 2.86. The van der Waals surface area contributed by atoms with Crippen LogP contribution in [0.3, 0.4) is 0 Å². The lowest BCUT2D eigenvalue weighted by atomic mass is 9.96. The molecule has 1 aliphatic carbocycles. The van der Waals surface area contributed by atoms with Crippen LogP contribution in [-0.2, 0) is 13.1 Å². The molecule has 2 N–H and O–H groups in total. The Bertz CT molecular complexity index is 756. The van der Waals surface area contributed by atoms with Crippen molar-refractivity contribution in [3.63, 3.8) is 0 Å². The van der Waals surface area contributed by atoms with Gasteiger partial charge in [0.1, 0.15) is 0 Å². The average molecular weight is 369 g/mol. The Labute approximate surface area is 162 Å². The second-order valence-electron chi connectivity index (χ2n) is 7.82. The van der Waals surface area contributed by atoms with Gasteiger partial charge in [-0.25, -0.2) is 4.79 Å². The number of aromatic nitrogens is 1. The van der Waals surface area contributed by atoms with Gasteiger partial charge in [-0.1, -0.05) is 62.4 Å². The van der Waals surface area contributed by atoms with Crippen molar-refractivity contribution >= 4 is 5.97 Å². The van der Waals surface area contributed by atoms with Crippen LogP contribution in [0.4, 0.5) is 0 Å². The van der Waals surface area contributed by atoms with E-state index in [0.29, 0.717) is 24.7 Å². The normalized spacial score (nSPS) is 16.1. The highest BCUT2D eigenvalue weighted by Crippen LogP contribution is 2.25. The van der Waals surface area contributed by atoms with Crippen LogP contribution in [0.25, 0.3) is 0 Å². The van der Waals surface area contributed by atoms with Crippen molar-refractivity contribution in [1.82, 2.24) is 9.88 Å². The lowest BCUT2D eigenvalue weighted by Crippen LogP contribution is -2.30. The molecular formula is C23H32N2O2. The Hall–Kier alpha value is -2.07. The Morgan fingerprint density at radius 1 is 1.04 bits per heavy atom. The molecule has 0 amide bonds. The zero-order valence-electron chi connectivity index (χ0n) is 16.6. The van der Waals surface area contributed by atoms with Gasteiger partial charge in [0.2, 0.25) is 0 Å². The van der Waals surface area contributed by atoms with Crippen molar-refractivity contribution < 1.29 is 9.90 Å². The Balaban J connectivity index is 1.80. The van der Waals surface area contributed by atoms with Gasteiger partial charge in [-0.3, -0.25) is 0 Å². The minimum absolute atomic E-state index is 0.474. The van der Waals surface area contributed by atoms with Crippen LogP contribution in [0.15, 0.2) is 30.3 Å². The molecular weight excluding hydrogens is 336 g/mol. The summed E-state index contributed by atoms with van der Waals surface area (Å²) in [7, 11) is 0. The van der Waals surface area contributed by atoms with Crippen molar-refractivity contribution in [3.8, 4) is 0 Å². The van der Waals surface area contributed by atoms with E-state index in [0.717, 1.165) is 17.0 Å². The molecule has 0 bridgehead atoms. The number of hydrogen-bond donors (Lipinski definition) is 2. The number of rotatable bonds is 6. The third-order valence-corrected chi connectivity index (χ3v) is 5.98. The third kappa shape index (κ3) is 4.81. The molecule has 4 heteroatoms. The molecule has 1 aromatic heterocycles. The lowest BCUT2D eigenvalue weighted by Gasteiger charge is -2.21. The second-order valence-corrected chi connectivity index (χ2v) is 7.82. The van der Waals surface area contributed by atoms with Gasteiger partial charge < -0.3 is 15.0 Å². The summed E-state index contributed by atoms with van der Waals surface area (Å²) in [5, 5.41) is 13.5. The predicted octanol–water partition coefficient (Wildman–Crippen LogP) is 5.05. The van der Waals surface area contributed by atoms with Crippen LogP contribution in [0, 0.1) is 13.8 Å². The van der Waals surface area contributed by atoms with Gasteiger partial charge in [-0.2, -0.15) is 0 Å². The molecule has 146 valence electrons. The minimum atomic E-state index is -0.822. The number of carbonyl (C=O) groups is 1. The van der Waals surface area contributed by atoms with E-state index < -0.39 is 5.97 Å². The van der Waals surface area contributed by atoms with E-state index in [1.165, 1.54) is 50.5 Å². The first kappa shape index (κ1) is 19.7. The topological polar surface area (TPSA) is 54.3 Å². The Morgan fingerprint density at radius 2 is 1.67 bits per heavy atom. The van der Waals surface area contributed by atoms with Gasteiger partial charge in [0.25, 0.3) is 0 Å². The smallest absolute Gasteiger partial charge is 0.337 e. The zero-order valence-corrected chi connectivity index (χ0v) is 16.6. The molecule has 4 nitrogen and oxygen atoms in total. The fourth-order valence-electron chi connectivity index (χ4n) is 4.36. The van der Waals surface area contributed by atoms with E-state index in [9.17, 15) is 9.90 Å². The first-order chi connectivity index (χ1) is 13.1. The molecule has 2 aromatic rings. The van der Waals surface area contributed by atoms with Crippen LogP contribution >= 0.6 is 0 Å². The molecule has 1 saturated carbocycles. The third-order valence-electron chi connectivity index (χ3n) is 5.98. The first-order valence-corrected chi connectivity index (χ1v) is 10.3. The number of benzene rings is 1. The predicted molar refractivity (Wildman–Crippen MR) is 109 cm³/mol. The summed E-state index contributed by atoms with van der Waals surface area (Å²) in [6.45, 7) is 5.33. The van der Waals surface area contributed by atoms with Crippen molar-refractivity contribution in [2.75, 3.05) is 0 Å². The summed E-state index contributed by atoms with van der Waals surface area (Å²) in [5.41, 5.74) is 4.51. The van der Waals surface area contributed by atoms with E-state index in [-0.39, 0.29) is 0 Å². The van der Waals surface area contributed by atoms with Crippen molar-refractivity contribution in [1.29, 1.82) is 0 Å². The monoisotopic (exact) mass is 368 g/mol. The summed E-state index contributed by atoms with van der Waals surface area (Å²) >= 11 is 0. The number of carboxylic acids is 1. The van der Waals surface area contributed by atoms with Crippen molar-refractivity contribution in [3.05, 3.63) is 58.4 Å². The highest BCUT2D eigenvalue weighted by molar-refractivity contribution is 5.91. The molecule has 0 saturated heterocycles. The maximum atomic E-state index is 12.0. The van der Waals surface area contributed by atoms with E-state index >= 15 is 0 Å². The molecule has 1 heterocycles. The van der Waals surface area contributed by atoms with E-state index in [2.05, 4.69) is 28.9 Å². The molecule has 3 rings (SSSR count). The van der Waals surface area contributed by atoms with Gasteiger partial charge in [0, 0.05) is 36.1 Å². The standard InChI is InChI=1S/C23H32N2O2/c1-17-21(15-24-20-13-9-4-3-5-10-14-20)22(23(26)27)18(2)25(17)16-19-11-7-6-8-12-19/h6-8,11-12,20,24H,3-5,9-10,13-16H2,1-2H3,(H,26,27). The highest BCUT2D eigenvalue weighted by atomic mass is 16.4. The van der Waals surface area contributed by atoms with Crippen LogP contribution < -0.4 is 5.32 Å². The molecule has 0 spiro atoms. The van der Waals surface area contributed by atoms with Gasteiger partial charge in [0.05, 0.1) is 5.56 Å². The Kier molecular flexibility index (Phi) is 6.73. The number of nitrogens with zero attached hydrogens (tertiary/aromatic N) is 1. The quantitative estimate of drug-likeness (QED) is 0.750. The number of carboxylic acid groups (broad SMARTS) is 1. The Morgan fingerprint density at radius 3 is 2.30 bits per heavy atom. The second kappa shape index (κ2) is 9.23. The van der Waals surface area contributed by atoms with Crippen LogP contribution in [0.5, 0.6) is 0 Å². The molecule has 0 atom stereocenters. The number of aromatic carboxylic acids is 1. The van der Waals surface area contributed by atoms with Gasteiger partial charge in [-0.05, 0) is 32.3 Å². The molecule has 0 radical (unpaired) electrons. The zero-order chi connectivity index (χ0) is 19.2. The van der Waals surface area contributed by atoms with Crippen molar-refractivity contribution in [2.24, 2.45) is 0 Å². The summed E-state index contributed by atoms with van der Waals surface area (Å²) in [4.78, 5) is 12.0. The number of nitrogens with one attached hydrogen (secondary N) is 1. The molecule has 1 aliphatic rings. The van der Waals surface area contributed by atoms with Crippen LogP contribution in [0.1, 0.15) is 77.8 Å². The van der Waals surface area contributed by atoms with E-state index in [1.54, 1.807) is 0 Å². The first-order valence-electron chi connectivity index (χ1n) is 10.3. The SMILES string of the molecule is Cc1c(CNC2CCCCCCC2)c(C(=O)O)c(C)n1Cc1ccccc1. The maximum absolute atomic E-state index is 12.0. The van der Waals surface area contributed by atoms with Crippen molar-refractivity contribution in [2.45, 2.75) is 77.9 Å². The molecule has 27 heavy (non-hydrogen) atoms. The largest absolute Gasteiger partial charge is 0.478 e. The van der Waals surface area contributed by atoms with E-state index in [4.69, 9.17) is 0 Å². The minimum Gasteiger partial charge on any atom is -0.478 e. The molecule has 0 aliphatic heterocycles. The summed E-state index contributed by atoms with van der Waals surface area (Å²) in [5.74, 6) is -0.822. The number of hydrogen-bond acceptors (Lipinski definition) is 2. The van der Waals surface area contributed by atoms with Gasteiger partial charge >= 0.3 is 5.97 Å². The van der Waals surface area contributed by atoms with E-state index in [1.807, 2.05) is 25.1 Å². The maximum Gasteiger partial charge on any atom is 0.337 e. The van der Waals surface area contributed by atoms with Crippen LogP contribution in [-0.4, -0.2) is 21.7 Å². The highest BCUT2D eigenvalue weighted by Gasteiger charge is 2.23. The summed E-state index contributed by atoms with van der Waals surface area (Å²) in [6.07, 6.45) is 8.95. The molecule has 1 fully saturated rings. The fourth-order valence-corrected chi connectivity index (χ4v) is 4.36. The van der Waals surface area contributed by atoms with Crippen LogP contribution in [0.2, 0.25) is 0 Å². The van der Waals surface area contributed by atoms with Gasteiger partial charge in [0.15, 0.2) is 0 Å². The fraction of sp³-hybridized carbons (Fsp3) is 0.522. The molecule has 0 unspecified atom stereocenters. The summed E-state index contributed by atoms with van der Waals surface area (Å²) < 4.78 is 2.15. The molecule has 1 aromatic carbocycles. The lowest BCUT2D eigenvalue weighted by molar-refractivity contribution is 0.0694.